The van der Waals surface area contributed by atoms with Crippen LogP contribution in [0.15, 0.2) is 54.6 Å². The van der Waals surface area contributed by atoms with Gasteiger partial charge < -0.3 is 0 Å². The second kappa shape index (κ2) is 10.8. The van der Waals surface area contributed by atoms with E-state index in [0.717, 1.165) is 56.0 Å². The van der Waals surface area contributed by atoms with Crippen molar-refractivity contribution in [2.45, 2.75) is 57.2 Å². The number of hydrogen-bond donors (Lipinski definition) is 0. The summed E-state index contributed by atoms with van der Waals surface area (Å²) in [6, 6.07) is 19.5. The maximum atomic E-state index is 6.22. The molecule has 1 saturated heterocycles. The summed E-state index contributed by atoms with van der Waals surface area (Å²) >= 11 is 6.22. The highest BCUT2D eigenvalue weighted by Crippen LogP contribution is 2.31. The molecule has 0 unspecified atom stereocenters. The van der Waals surface area contributed by atoms with Crippen LogP contribution in [0.25, 0.3) is 0 Å². The van der Waals surface area contributed by atoms with Crippen LogP contribution in [0.2, 0.25) is 5.02 Å². The van der Waals surface area contributed by atoms with Gasteiger partial charge in [-0.1, -0.05) is 73.3 Å². The van der Waals surface area contributed by atoms with Gasteiger partial charge in [0.1, 0.15) is 0 Å². The third-order valence-corrected chi connectivity index (χ3v) is 7.50. The van der Waals surface area contributed by atoms with E-state index in [1.165, 1.54) is 43.2 Å². The van der Waals surface area contributed by atoms with Crippen molar-refractivity contribution in [2.75, 3.05) is 26.2 Å². The van der Waals surface area contributed by atoms with E-state index < -0.39 is 0 Å². The molecule has 1 atom stereocenters. The Morgan fingerprint density at radius 3 is 2.33 bits per heavy atom. The molecule has 2 fully saturated rings. The molecule has 0 radical (unpaired) electrons. The number of hydrogen-bond acceptors (Lipinski definition) is 5. The summed E-state index contributed by atoms with van der Waals surface area (Å²) in [5.74, 6) is 0.916. The highest BCUT2D eigenvalue weighted by atomic mass is 35.5. The van der Waals surface area contributed by atoms with Gasteiger partial charge in [0.2, 0.25) is 0 Å². The molecule has 0 spiro atoms. The van der Waals surface area contributed by atoms with E-state index in [4.69, 9.17) is 11.6 Å². The Hall–Kier alpha value is -2.28. The monoisotopic (exact) mass is 464 g/mol. The third-order valence-electron chi connectivity index (χ3n) is 7.25. The van der Waals surface area contributed by atoms with E-state index in [1.807, 2.05) is 16.8 Å². The molecule has 2 aliphatic rings. The van der Waals surface area contributed by atoms with Gasteiger partial charge in [0.05, 0.1) is 6.04 Å². The summed E-state index contributed by atoms with van der Waals surface area (Å²) in [5.41, 5.74) is 2.49. The normalized spacial score (nSPS) is 19.5. The zero-order valence-electron chi connectivity index (χ0n) is 19.2. The fraction of sp³-hybridized carbons (Fsp3) is 0.500. The first-order valence-corrected chi connectivity index (χ1v) is 12.7. The minimum atomic E-state index is 0.0292. The molecule has 1 aliphatic heterocycles. The van der Waals surface area contributed by atoms with Crippen molar-refractivity contribution in [1.29, 1.82) is 0 Å². The first-order chi connectivity index (χ1) is 16.3. The van der Waals surface area contributed by atoms with Crippen LogP contribution >= 0.6 is 11.6 Å². The molecule has 174 valence electrons. The molecular formula is C26H33ClN6. The lowest BCUT2D eigenvalue weighted by Crippen LogP contribution is -2.52. The maximum Gasteiger partial charge on any atom is 0.173 e. The Kier molecular flexibility index (Phi) is 7.34. The highest BCUT2D eigenvalue weighted by Gasteiger charge is 2.32. The molecule has 2 aromatic carbocycles. The van der Waals surface area contributed by atoms with Crippen molar-refractivity contribution in [2.24, 2.45) is 0 Å². The Labute approximate surface area is 201 Å². The lowest BCUT2D eigenvalue weighted by molar-refractivity contribution is 0.0619. The molecule has 7 heteroatoms. The summed E-state index contributed by atoms with van der Waals surface area (Å²) in [6.45, 7) is 5.03. The van der Waals surface area contributed by atoms with Crippen LogP contribution < -0.4 is 0 Å². The average Bonchev–Trinajstić information content (AvgIpc) is 3.34. The smallest absolute Gasteiger partial charge is 0.173 e. The van der Waals surface area contributed by atoms with Crippen molar-refractivity contribution in [3.63, 3.8) is 0 Å². The highest BCUT2D eigenvalue weighted by molar-refractivity contribution is 6.30. The molecule has 1 aliphatic carbocycles. The number of benzene rings is 2. The Bertz CT molecular complexity index is 991. The van der Waals surface area contributed by atoms with E-state index in [2.05, 4.69) is 67.8 Å². The van der Waals surface area contributed by atoms with Crippen molar-refractivity contribution in [3.8, 4) is 0 Å². The number of tetrazole rings is 1. The Balaban J connectivity index is 1.35. The minimum Gasteiger partial charge on any atom is -0.298 e. The van der Waals surface area contributed by atoms with Crippen LogP contribution in [-0.2, 0) is 13.0 Å². The second-order valence-corrected chi connectivity index (χ2v) is 9.75. The molecule has 2 heterocycles. The lowest BCUT2D eigenvalue weighted by Gasteiger charge is -2.43. The zero-order valence-corrected chi connectivity index (χ0v) is 19.9. The van der Waals surface area contributed by atoms with Crippen LogP contribution in [0.3, 0.4) is 0 Å². The molecule has 0 amide bonds. The number of piperazine rings is 1. The summed E-state index contributed by atoms with van der Waals surface area (Å²) in [5, 5.41) is 13.7. The first-order valence-electron chi connectivity index (χ1n) is 12.3. The molecule has 1 saturated carbocycles. The number of rotatable bonds is 7. The van der Waals surface area contributed by atoms with E-state index in [0.29, 0.717) is 0 Å². The van der Waals surface area contributed by atoms with Crippen LogP contribution in [0.5, 0.6) is 0 Å². The molecule has 1 aromatic heterocycles. The second-order valence-electron chi connectivity index (χ2n) is 9.31. The summed E-state index contributed by atoms with van der Waals surface area (Å²) in [4.78, 5) is 5.26. The van der Waals surface area contributed by atoms with Crippen LogP contribution in [0, 0.1) is 0 Å². The first kappa shape index (κ1) is 22.5. The fourth-order valence-corrected chi connectivity index (χ4v) is 5.55. The van der Waals surface area contributed by atoms with E-state index in [-0.39, 0.29) is 6.04 Å². The molecule has 5 rings (SSSR count). The van der Waals surface area contributed by atoms with Crippen LogP contribution in [0.4, 0.5) is 0 Å². The number of aromatic nitrogens is 4. The van der Waals surface area contributed by atoms with E-state index in [1.54, 1.807) is 0 Å². The summed E-state index contributed by atoms with van der Waals surface area (Å²) in [6.07, 6.45) is 7.79. The van der Waals surface area contributed by atoms with Gasteiger partial charge in [-0.3, -0.25) is 9.80 Å². The third kappa shape index (κ3) is 5.45. The maximum absolute atomic E-state index is 6.22. The molecule has 3 aromatic rings. The van der Waals surface area contributed by atoms with Gasteiger partial charge in [0.15, 0.2) is 5.82 Å². The van der Waals surface area contributed by atoms with Gasteiger partial charge in [-0.25, -0.2) is 4.68 Å². The Morgan fingerprint density at radius 2 is 1.61 bits per heavy atom. The lowest BCUT2D eigenvalue weighted by atomic mass is 9.93. The topological polar surface area (TPSA) is 50.1 Å². The van der Waals surface area contributed by atoms with E-state index in [9.17, 15) is 0 Å². The van der Waals surface area contributed by atoms with E-state index >= 15 is 0 Å². The van der Waals surface area contributed by atoms with Crippen LogP contribution in [0.1, 0.15) is 55.1 Å². The average molecular weight is 465 g/mol. The molecule has 0 bridgehead atoms. The standard InChI is InChI=1S/C26H33ClN6/c27-23-13-11-22(12-14-23)25(32-19-17-31(18-20-32)24-9-5-2-6-10-24)26-28-29-30-33(26)16-15-21-7-3-1-4-8-21/h1,3-4,7-8,11-14,24-25H,2,5-6,9-10,15-20H2/t25-/m0/s1. The molecule has 6 nitrogen and oxygen atoms in total. The Morgan fingerprint density at radius 1 is 0.879 bits per heavy atom. The van der Waals surface area contributed by atoms with Crippen molar-refractivity contribution in [3.05, 3.63) is 76.6 Å². The quantitative estimate of drug-likeness (QED) is 0.511. The predicted octanol–water partition coefficient (Wildman–Crippen LogP) is 4.61. The molecule has 0 N–H and O–H groups in total. The number of aryl methyl sites for hydroxylation is 2. The van der Waals surface area contributed by atoms with Gasteiger partial charge in [-0.05, 0) is 52.9 Å². The van der Waals surface area contributed by atoms with Crippen molar-refractivity contribution < 1.29 is 0 Å². The number of nitrogens with zero attached hydrogens (tertiary/aromatic N) is 6. The van der Waals surface area contributed by atoms with Crippen LogP contribution in [-0.4, -0.2) is 62.2 Å². The molecular weight excluding hydrogens is 432 g/mol. The zero-order chi connectivity index (χ0) is 22.5. The summed E-state index contributed by atoms with van der Waals surface area (Å²) < 4.78 is 1.99. The van der Waals surface area contributed by atoms with Gasteiger partial charge in [-0.15, -0.1) is 5.10 Å². The van der Waals surface area contributed by atoms with Crippen molar-refractivity contribution in [1.82, 2.24) is 30.0 Å². The van der Waals surface area contributed by atoms with Crippen molar-refractivity contribution >= 4 is 11.6 Å². The predicted molar refractivity (Wildman–Crippen MR) is 131 cm³/mol. The van der Waals surface area contributed by atoms with Gasteiger partial charge in [-0.2, -0.15) is 0 Å². The van der Waals surface area contributed by atoms with Gasteiger partial charge in [0.25, 0.3) is 0 Å². The minimum absolute atomic E-state index is 0.0292. The van der Waals surface area contributed by atoms with Gasteiger partial charge >= 0.3 is 0 Å². The largest absolute Gasteiger partial charge is 0.298 e. The fourth-order valence-electron chi connectivity index (χ4n) is 5.42. The SMILES string of the molecule is Clc1ccc([C@@H](c2nnnn2CCc2ccccc2)N2CCN(C3CCCCC3)CC2)cc1. The number of halogens is 1. The van der Waals surface area contributed by atoms with Gasteiger partial charge in [0, 0.05) is 43.8 Å². The summed E-state index contributed by atoms with van der Waals surface area (Å²) in [7, 11) is 0. The molecule has 33 heavy (non-hydrogen) atoms.